The van der Waals surface area contributed by atoms with Gasteiger partial charge in [0, 0.05) is 12.1 Å². The van der Waals surface area contributed by atoms with Gasteiger partial charge >= 0.3 is 0 Å². The topological polar surface area (TPSA) is 131 Å². The summed E-state index contributed by atoms with van der Waals surface area (Å²) in [4.78, 5) is 23.5. The first-order valence-electron chi connectivity index (χ1n) is 11.7. The van der Waals surface area contributed by atoms with Crippen LogP contribution < -0.4 is 14.5 Å². The van der Waals surface area contributed by atoms with E-state index in [0.717, 1.165) is 5.56 Å². The predicted octanol–water partition coefficient (Wildman–Crippen LogP) is 4.76. The summed E-state index contributed by atoms with van der Waals surface area (Å²) >= 11 is 0. The number of non-ortho nitro benzene ring substituents is 1. The van der Waals surface area contributed by atoms with E-state index in [-0.39, 0.29) is 28.4 Å². The van der Waals surface area contributed by atoms with Crippen LogP contribution in [0.25, 0.3) is 0 Å². The fourth-order valence-electron chi connectivity index (χ4n) is 3.71. The Morgan fingerprint density at radius 3 is 2.23 bits per heavy atom. The second-order valence-electron chi connectivity index (χ2n) is 8.24. The smallest absolute Gasteiger partial charge is 0.273 e. The third kappa shape index (κ3) is 6.46. The predicted molar refractivity (Wildman–Crippen MR) is 147 cm³/mol. The average molecular weight is 545 g/mol. The summed E-state index contributed by atoms with van der Waals surface area (Å²) in [5, 5.41) is 14.8. The van der Waals surface area contributed by atoms with Gasteiger partial charge in [-0.15, -0.1) is 0 Å². The highest BCUT2D eigenvalue weighted by Gasteiger charge is 2.28. The quantitative estimate of drug-likeness (QED) is 0.174. The Kier molecular flexibility index (Phi) is 8.32. The molecule has 4 aromatic carbocycles. The van der Waals surface area contributed by atoms with Crippen molar-refractivity contribution in [2.24, 2.45) is 5.10 Å². The van der Waals surface area contributed by atoms with Crippen LogP contribution in [0.5, 0.6) is 5.75 Å². The lowest BCUT2D eigenvalue weighted by Crippen LogP contribution is -2.33. The fourth-order valence-corrected chi connectivity index (χ4v) is 5.19. The number of carbonyl (C=O) groups excluding carboxylic acids is 1. The molecule has 0 aromatic heterocycles. The van der Waals surface area contributed by atoms with E-state index in [0.29, 0.717) is 11.3 Å². The number of anilines is 1. The zero-order valence-electron chi connectivity index (χ0n) is 20.8. The van der Waals surface area contributed by atoms with Gasteiger partial charge in [-0.25, -0.2) is 13.8 Å². The lowest BCUT2D eigenvalue weighted by Gasteiger charge is -2.26. The Balaban J connectivity index is 1.66. The first-order valence-corrected chi connectivity index (χ1v) is 13.1. The Morgan fingerprint density at radius 1 is 0.949 bits per heavy atom. The number of nitro benzene ring substituents is 1. The maximum Gasteiger partial charge on any atom is 0.273 e. The van der Waals surface area contributed by atoms with Crippen LogP contribution in [0.1, 0.15) is 21.5 Å². The molecule has 10 nitrogen and oxygen atoms in total. The van der Waals surface area contributed by atoms with E-state index in [4.69, 9.17) is 4.74 Å². The number of nitrogens with one attached hydrogen (secondary N) is 1. The molecule has 39 heavy (non-hydrogen) atoms. The number of para-hydroxylation sites is 1. The van der Waals surface area contributed by atoms with E-state index >= 15 is 0 Å². The van der Waals surface area contributed by atoms with Crippen molar-refractivity contribution in [1.29, 1.82) is 0 Å². The third-order valence-electron chi connectivity index (χ3n) is 5.72. The summed E-state index contributed by atoms with van der Waals surface area (Å²) in [7, 11) is -2.61. The summed E-state index contributed by atoms with van der Waals surface area (Å²) in [6.07, 6.45) is 1.33. The number of nitro groups is 1. The van der Waals surface area contributed by atoms with Crippen molar-refractivity contribution in [3.8, 4) is 5.75 Å². The van der Waals surface area contributed by atoms with E-state index in [1.54, 1.807) is 54.6 Å². The lowest BCUT2D eigenvalue weighted by atomic mass is 10.1. The number of methoxy groups -OCH3 is 1. The number of rotatable bonds is 10. The molecule has 1 amide bonds. The zero-order valence-corrected chi connectivity index (χ0v) is 21.6. The van der Waals surface area contributed by atoms with Crippen LogP contribution in [0.3, 0.4) is 0 Å². The normalized spacial score (nSPS) is 11.2. The number of sulfonamides is 1. The van der Waals surface area contributed by atoms with Crippen LogP contribution in [0.2, 0.25) is 0 Å². The van der Waals surface area contributed by atoms with Crippen LogP contribution in [0.15, 0.2) is 113 Å². The van der Waals surface area contributed by atoms with Crippen molar-refractivity contribution in [3.63, 3.8) is 0 Å². The summed E-state index contributed by atoms with van der Waals surface area (Å²) in [6.45, 7) is -0.0223. The number of carbonyl (C=O) groups is 1. The molecule has 0 aliphatic carbocycles. The van der Waals surface area contributed by atoms with Gasteiger partial charge in [-0.2, -0.15) is 5.10 Å². The van der Waals surface area contributed by atoms with E-state index in [9.17, 15) is 23.3 Å². The molecule has 0 radical (unpaired) electrons. The van der Waals surface area contributed by atoms with Crippen molar-refractivity contribution in [1.82, 2.24) is 5.43 Å². The highest BCUT2D eigenvalue weighted by atomic mass is 32.2. The molecular weight excluding hydrogens is 520 g/mol. The molecule has 1 N–H and O–H groups in total. The van der Waals surface area contributed by atoms with Gasteiger partial charge in [0.25, 0.3) is 21.6 Å². The molecule has 0 saturated carbocycles. The molecule has 0 unspecified atom stereocenters. The average Bonchev–Trinajstić information content (AvgIpc) is 2.96. The molecule has 0 saturated heterocycles. The molecular formula is C28H24N4O6S. The molecule has 4 rings (SSSR count). The van der Waals surface area contributed by atoms with Gasteiger partial charge in [0.15, 0.2) is 0 Å². The molecule has 0 atom stereocenters. The molecule has 4 aromatic rings. The van der Waals surface area contributed by atoms with Crippen LogP contribution in [-0.2, 0) is 16.6 Å². The first-order chi connectivity index (χ1) is 18.8. The maximum atomic E-state index is 13.9. The molecule has 0 aliphatic heterocycles. The SMILES string of the molecule is COc1ccc(S(=O)(=O)N(Cc2ccccc2)c2ccccc2C(=O)N/N=C/c2ccc([N+](=O)[O-])cc2)cc1. The van der Waals surface area contributed by atoms with Crippen molar-refractivity contribution < 1.29 is 22.9 Å². The minimum Gasteiger partial charge on any atom is -0.497 e. The Bertz CT molecular complexity index is 1590. The Labute approximate surface area is 225 Å². The van der Waals surface area contributed by atoms with E-state index < -0.39 is 20.9 Å². The van der Waals surface area contributed by atoms with Crippen LogP contribution in [0.4, 0.5) is 11.4 Å². The van der Waals surface area contributed by atoms with Crippen molar-refractivity contribution >= 4 is 33.5 Å². The van der Waals surface area contributed by atoms with Gasteiger partial charge in [-0.1, -0.05) is 42.5 Å². The first kappa shape index (κ1) is 27.0. The van der Waals surface area contributed by atoms with Crippen molar-refractivity contribution in [2.75, 3.05) is 11.4 Å². The molecule has 0 bridgehead atoms. The van der Waals surface area contributed by atoms with Gasteiger partial charge in [0.2, 0.25) is 0 Å². The number of ether oxygens (including phenoxy) is 1. The highest BCUT2D eigenvalue weighted by molar-refractivity contribution is 7.92. The number of amides is 1. The molecule has 198 valence electrons. The van der Waals surface area contributed by atoms with E-state index in [1.165, 1.54) is 60.1 Å². The molecule has 0 heterocycles. The monoisotopic (exact) mass is 544 g/mol. The zero-order chi connectivity index (χ0) is 27.8. The summed E-state index contributed by atoms with van der Waals surface area (Å²) in [5.41, 5.74) is 3.85. The number of benzene rings is 4. The molecule has 0 aliphatic rings. The Morgan fingerprint density at radius 2 is 1.59 bits per heavy atom. The minimum absolute atomic E-state index is 0.0223. The van der Waals surface area contributed by atoms with Crippen molar-refractivity contribution in [2.45, 2.75) is 11.4 Å². The second-order valence-corrected chi connectivity index (χ2v) is 10.1. The largest absolute Gasteiger partial charge is 0.497 e. The minimum atomic E-state index is -4.10. The van der Waals surface area contributed by atoms with E-state index in [1.807, 2.05) is 6.07 Å². The second kappa shape index (κ2) is 12.0. The molecule has 0 spiro atoms. The van der Waals surface area contributed by atoms with Crippen LogP contribution >= 0.6 is 0 Å². The summed E-state index contributed by atoms with van der Waals surface area (Å²) in [6, 6.07) is 27.0. The van der Waals surface area contributed by atoms with Gasteiger partial charge in [-0.3, -0.25) is 19.2 Å². The fraction of sp³-hybridized carbons (Fsp3) is 0.0714. The summed E-state index contributed by atoms with van der Waals surface area (Å²) in [5.74, 6) is -0.124. The number of hydrazone groups is 1. The molecule has 0 fully saturated rings. The van der Waals surface area contributed by atoms with Crippen molar-refractivity contribution in [3.05, 3.63) is 130 Å². The van der Waals surface area contributed by atoms with E-state index in [2.05, 4.69) is 10.5 Å². The standard InChI is InChI=1S/C28H24N4O6S/c1-38-24-15-17-25(18-16-24)39(36,37)31(20-22-7-3-2-4-8-22)27-10-6-5-9-26(27)28(33)30-29-19-21-11-13-23(14-12-21)32(34)35/h2-19H,20H2,1H3,(H,30,33)/b29-19+. The van der Waals surface area contributed by atoms with Crippen LogP contribution in [0, 0.1) is 10.1 Å². The molecule has 11 heteroatoms. The lowest BCUT2D eigenvalue weighted by molar-refractivity contribution is -0.384. The van der Waals surface area contributed by atoms with Gasteiger partial charge in [0.1, 0.15) is 5.75 Å². The third-order valence-corrected chi connectivity index (χ3v) is 7.49. The maximum absolute atomic E-state index is 13.9. The summed E-state index contributed by atoms with van der Waals surface area (Å²) < 4.78 is 34.1. The Hall–Kier alpha value is -5.03. The van der Waals surface area contributed by atoms with Crippen LogP contribution in [-0.4, -0.2) is 32.6 Å². The number of hydrogen-bond acceptors (Lipinski definition) is 7. The number of nitrogens with zero attached hydrogens (tertiary/aromatic N) is 3. The number of hydrogen-bond donors (Lipinski definition) is 1. The van der Waals surface area contributed by atoms with Gasteiger partial charge in [0.05, 0.1) is 40.9 Å². The highest BCUT2D eigenvalue weighted by Crippen LogP contribution is 2.30. The van der Waals surface area contributed by atoms with Gasteiger partial charge in [-0.05, 0) is 59.7 Å². The van der Waals surface area contributed by atoms with Gasteiger partial charge < -0.3 is 4.74 Å².